The number of fused-ring (bicyclic) bond motifs is 1. The van der Waals surface area contributed by atoms with Gasteiger partial charge in [0.25, 0.3) is 0 Å². The van der Waals surface area contributed by atoms with Gasteiger partial charge in [-0.05, 0) is 25.8 Å². The van der Waals surface area contributed by atoms with Crippen LogP contribution in [0.3, 0.4) is 0 Å². The Bertz CT molecular complexity index is 450. The van der Waals surface area contributed by atoms with E-state index in [1.165, 1.54) is 0 Å². The van der Waals surface area contributed by atoms with Gasteiger partial charge in [0.1, 0.15) is 5.75 Å². The Morgan fingerprint density at radius 2 is 2.30 bits per heavy atom. The van der Waals surface area contributed by atoms with Crippen molar-refractivity contribution in [3.05, 3.63) is 29.8 Å². The van der Waals surface area contributed by atoms with Gasteiger partial charge in [0, 0.05) is 12.7 Å². The smallest absolute Gasteiger partial charge is 0.315 e. The third-order valence-corrected chi connectivity index (χ3v) is 3.29. The summed E-state index contributed by atoms with van der Waals surface area (Å²) in [5, 5.41) is 5.88. The quantitative estimate of drug-likeness (QED) is 0.888. The highest BCUT2D eigenvalue weighted by Gasteiger charge is 2.21. The minimum Gasteiger partial charge on any atom is -0.493 e. The van der Waals surface area contributed by atoms with Gasteiger partial charge in [-0.2, -0.15) is 0 Å². The Kier molecular flexibility index (Phi) is 5.24. The van der Waals surface area contributed by atoms with E-state index in [1.807, 2.05) is 31.2 Å². The molecule has 2 amide bonds. The zero-order valence-corrected chi connectivity index (χ0v) is 12.0. The molecule has 1 heterocycles. The lowest BCUT2D eigenvalue weighted by molar-refractivity contribution is 0.170. The van der Waals surface area contributed by atoms with Crippen LogP contribution in [-0.4, -0.2) is 32.4 Å². The predicted octanol–water partition coefficient (Wildman–Crippen LogP) is 2.23. The van der Waals surface area contributed by atoms with Crippen LogP contribution in [0.5, 0.6) is 5.75 Å². The average Bonchev–Trinajstić information content (AvgIpc) is 2.62. The molecule has 0 saturated carbocycles. The highest BCUT2D eigenvalue weighted by atomic mass is 16.5. The number of carbonyl (C=O) groups excluding carboxylic acids is 1. The van der Waals surface area contributed by atoms with Crippen molar-refractivity contribution < 1.29 is 14.3 Å². The number of methoxy groups -OCH3 is 1. The minimum absolute atomic E-state index is 0.0107. The van der Waals surface area contributed by atoms with Gasteiger partial charge >= 0.3 is 6.03 Å². The normalized spacial score (nSPS) is 19.2. The first-order chi connectivity index (χ1) is 9.70. The van der Waals surface area contributed by atoms with Crippen molar-refractivity contribution in [3.63, 3.8) is 0 Å². The van der Waals surface area contributed by atoms with Crippen molar-refractivity contribution >= 4 is 6.03 Å². The molecule has 1 aliphatic heterocycles. The predicted molar refractivity (Wildman–Crippen MR) is 76.9 cm³/mol. The second-order valence-electron chi connectivity index (χ2n) is 5.06. The maximum Gasteiger partial charge on any atom is 0.315 e. The van der Waals surface area contributed by atoms with Gasteiger partial charge in [-0.25, -0.2) is 4.79 Å². The summed E-state index contributed by atoms with van der Waals surface area (Å²) in [5.74, 6) is 0.861. The number of rotatable bonds is 4. The second kappa shape index (κ2) is 7.14. The molecular formula is C15H22N2O3. The van der Waals surface area contributed by atoms with E-state index in [9.17, 15) is 4.79 Å². The fourth-order valence-corrected chi connectivity index (χ4v) is 2.39. The van der Waals surface area contributed by atoms with Crippen LogP contribution in [0.15, 0.2) is 24.3 Å². The van der Waals surface area contributed by atoms with Crippen molar-refractivity contribution in [3.8, 4) is 5.75 Å². The fourth-order valence-electron chi connectivity index (χ4n) is 2.39. The van der Waals surface area contributed by atoms with Gasteiger partial charge in [0.15, 0.2) is 0 Å². The first kappa shape index (κ1) is 14.7. The zero-order valence-electron chi connectivity index (χ0n) is 12.0. The van der Waals surface area contributed by atoms with Crippen LogP contribution in [0.1, 0.15) is 31.4 Å². The second-order valence-corrected chi connectivity index (χ2v) is 5.06. The molecule has 110 valence electrons. The Balaban J connectivity index is 2.00. The molecule has 1 aromatic rings. The fraction of sp³-hybridized carbons (Fsp3) is 0.533. The highest BCUT2D eigenvalue weighted by Crippen LogP contribution is 2.30. The number of nitrogens with one attached hydrogen (secondary N) is 2. The number of hydrogen-bond donors (Lipinski definition) is 2. The van der Waals surface area contributed by atoms with Gasteiger partial charge < -0.3 is 20.1 Å². The highest BCUT2D eigenvalue weighted by molar-refractivity contribution is 5.75. The average molecular weight is 278 g/mol. The Morgan fingerprint density at radius 1 is 1.50 bits per heavy atom. The number of benzene rings is 1. The van der Waals surface area contributed by atoms with Crippen molar-refractivity contribution in [1.29, 1.82) is 0 Å². The van der Waals surface area contributed by atoms with Gasteiger partial charge in [-0.15, -0.1) is 0 Å². The van der Waals surface area contributed by atoms with E-state index >= 15 is 0 Å². The summed E-state index contributed by atoms with van der Waals surface area (Å²) >= 11 is 0. The van der Waals surface area contributed by atoms with Crippen LogP contribution in [0.2, 0.25) is 0 Å². The summed E-state index contributed by atoms with van der Waals surface area (Å²) in [6, 6.07) is 7.66. The molecule has 5 nitrogen and oxygen atoms in total. The molecule has 1 aromatic carbocycles. The lowest BCUT2D eigenvalue weighted by Gasteiger charge is -2.20. The molecule has 0 aliphatic carbocycles. The van der Waals surface area contributed by atoms with Gasteiger partial charge in [-0.3, -0.25) is 0 Å². The van der Waals surface area contributed by atoms with Gasteiger partial charge in [0.2, 0.25) is 0 Å². The molecule has 0 radical (unpaired) electrons. The lowest BCUT2D eigenvalue weighted by atomic mass is 10.0. The number of carbonyl (C=O) groups is 1. The van der Waals surface area contributed by atoms with E-state index in [0.717, 1.165) is 24.2 Å². The Morgan fingerprint density at radius 3 is 3.10 bits per heavy atom. The van der Waals surface area contributed by atoms with Crippen LogP contribution in [0.25, 0.3) is 0 Å². The van der Waals surface area contributed by atoms with Crippen molar-refractivity contribution in [2.75, 3.05) is 20.3 Å². The van der Waals surface area contributed by atoms with Crippen LogP contribution in [-0.2, 0) is 4.74 Å². The van der Waals surface area contributed by atoms with Crippen LogP contribution in [0.4, 0.5) is 4.79 Å². The third kappa shape index (κ3) is 3.87. The van der Waals surface area contributed by atoms with E-state index < -0.39 is 0 Å². The first-order valence-corrected chi connectivity index (χ1v) is 6.98. The summed E-state index contributed by atoms with van der Waals surface area (Å²) in [6.45, 7) is 3.10. The van der Waals surface area contributed by atoms with Crippen LogP contribution >= 0.6 is 0 Å². The molecular weight excluding hydrogens is 256 g/mol. The number of ether oxygens (including phenoxy) is 2. The molecule has 0 spiro atoms. The minimum atomic E-state index is -0.170. The molecule has 2 N–H and O–H groups in total. The monoisotopic (exact) mass is 278 g/mol. The summed E-state index contributed by atoms with van der Waals surface area (Å²) in [5.41, 5.74) is 1.04. The Hall–Kier alpha value is -1.75. The van der Waals surface area contributed by atoms with E-state index in [0.29, 0.717) is 13.2 Å². The zero-order chi connectivity index (χ0) is 14.4. The first-order valence-electron chi connectivity index (χ1n) is 6.98. The van der Waals surface area contributed by atoms with Crippen molar-refractivity contribution in [2.24, 2.45) is 0 Å². The van der Waals surface area contributed by atoms with Crippen molar-refractivity contribution in [2.45, 2.75) is 31.8 Å². The molecule has 0 bridgehead atoms. The largest absolute Gasteiger partial charge is 0.493 e. The molecule has 1 aliphatic rings. The van der Waals surface area contributed by atoms with Gasteiger partial charge in [-0.1, -0.05) is 18.2 Å². The van der Waals surface area contributed by atoms with Crippen LogP contribution < -0.4 is 15.4 Å². The molecule has 2 unspecified atom stereocenters. The molecule has 0 saturated heterocycles. The maximum absolute atomic E-state index is 12.0. The molecule has 2 rings (SSSR count). The number of para-hydroxylation sites is 1. The van der Waals surface area contributed by atoms with E-state index in [2.05, 4.69) is 10.6 Å². The standard InChI is InChI=1S/C15H22N2O3/c1-11(10-19-2)16-15(18)17-13-7-5-9-20-14-8-4-3-6-12(13)14/h3-4,6,8,11,13H,5,7,9-10H2,1-2H3,(H2,16,17,18). The SMILES string of the molecule is COCC(C)NC(=O)NC1CCCOc2ccccc21. The molecule has 20 heavy (non-hydrogen) atoms. The molecule has 2 atom stereocenters. The summed E-state index contributed by atoms with van der Waals surface area (Å²) in [7, 11) is 1.62. The Labute approximate surface area is 119 Å². The molecule has 0 aromatic heterocycles. The molecule has 0 fully saturated rings. The molecule has 5 heteroatoms. The number of amides is 2. The third-order valence-electron chi connectivity index (χ3n) is 3.29. The van der Waals surface area contributed by atoms with E-state index in [-0.39, 0.29) is 18.1 Å². The topological polar surface area (TPSA) is 59.6 Å². The van der Waals surface area contributed by atoms with Crippen LogP contribution in [0, 0.1) is 0 Å². The lowest BCUT2D eigenvalue weighted by Crippen LogP contribution is -2.43. The van der Waals surface area contributed by atoms with E-state index in [1.54, 1.807) is 7.11 Å². The van der Waals surface area contributed by atoms with E-state index in [4.69, 9.17) is 9.47 Å². The summed E-state index contributed by atoms with van der Waals surface area (Å²) in [4.78, 5) is 12.0. The number of urea groups is 1. The van der Waals surface area contributed by atoms with Gasteiger partial charge in [0.05, 0.1) is 25.3 Å². The number of hydrogen-bond acceptors (Lipinski definition) is 3. The maximum atomic E-state index is 12.0. The summed E-state index contributed by atoms with van der Waals surface area (Å²) < 4.78 is 10.7. The van der Waals surface area contributed by atoms with Crippen molar-refractivity contribution in [1.82, 2.24) is 10.6 Å². The summed E-state index contributed by atoms with van der Waals surface area (Å²) in [6.07, 6.45) is 1.80.